The van der Waals surface area contributed by atoms with Gasteiger partial charge in [-0.15, -0.1) is 0 Å². The molecule has 0 aliphatic rings. The molecule has 0 aliphatic heterocycles. The number of aryl methyl sites for hydroxylation is 1. The summed E-state index contributed by atoms with van der Waals surface area (Å²) in [6.07, 6.45) is -1.97. The normalized spacial score (nSPS) is 11.9. The van der Waals surface area contributed by atoms with Gasteiger partial charge in [-0.1, -0.05) is 13.8 Å². The van der Waals surface area contributed by atoms with Gasteiger partial charge in [-0.25, -0.2) is 0 Å². The standard InChI is InChI=1S/C13H20F3N3O/c1-4-10(5-2)19(8-13(14,15)16)12(20)11-6-9(17)7-18(11)3/h6-7,10H,4-5,8,17H2,1-3H3. The highest BCUT2D eigenvalue weighted by atomic mass is 19.4. The van der Waals surface area contributed by atoms with Gasteiger partial charge in [-0.3, -0.25) is 4.79 Å². The summed E-state index contributed by atoms with van der Waals surface area (Å²) in [6, 6.07) is 0.953. The fourth-order valence-corrected chi connectivity index (χ4v) is 2.24. The van der Waals surface area contributed by atoms with E-state index in [-0.39, 0.29) is 5.69 Å². The minimum Gasteiger partial charge on any atom is -0.397 e. The number of halogens is 3. The van der Waals surface area contributed by atoms with E-state index >= 15 is 0 Å². The van der Waals surface area contributed by atoms with E-state index < -0.39 is 24.7 Å². The van der Waals surface area contributed by atoms with Crippen molar-refractivity contribution >= 4 is 11.6 Å². The lowest BCUT2D eigenvalue weighted by Crippen LogP contribution is -2.45. The Kier molecular flexibility index (Phi) is 5.08. The van der Waals surface area contributed by atoms with Crippen molar-refractivity contribution in [2.45, 2.75) is 38.9 Å². The van der Waals surface area contributed by atoms with Crippen LogP contribution in [0.5, 0.6) is 0 Å². The van der Waals surface area contributed by atoms with Gasteiger partial charge in [0.2, 0.25) is 0 Å². The maximum absolute atomic E-state index is 12.7. The molecule has 2 N–H and O–H groups in total. The van der Waals surface area contributed by atoms with Gasteiger partial charge in [0, 0.05) is 19.3 Å². The molecule has 20 heavy (non-hydrogen) atoms. The molecule has 0 spiro atoms. The van der Waals surface area contributed by atoms with Gasteiger partial charge < -0.3 is 15.2 Å². The molecule has 0 unspecified atom stereocenters. The molecule has 0 atom stereocenters. The Balaban J connectivity index is 3.09. The van der Waals surface area contributed by atoms with Gasteiger partial charge in [0.15, 0.2) is 0 Å². The van der Waals surface area contributed by atoms with E-state index in [4.69, 9.17) is 5.73 Å². The van der Waals surface area contributed by atoms with E-state index in [2.05, 4.69) is 0 Å². The fraction of sp³-hybridized carbons (Fsp3) is 0.615. The SMILES string of the molecule is CCC(CC)N(CC(F)(F)F)C(=O)c1cc(N)cn1C. The van der Waals surface area contributed by atoms with Crippen LogP contribution in [0.1, 0.15) is 37.2 Å². The third-order valence-corrected chi connectivity index (χ3v) is 3.24. The van der Waals surface area contributed by atoms with Crippen LogP contribution < -0.4 is 5.73 Å². The number of rotatable bonds is 5. The van der Waals surface area contributed by atoms with Crippen LogP contribution in [0, 0.1) is 0 Å². The minimum atomic E-state index is -4.42. The molecule has 0 bridgehead atoms. The molecule has 1 rings (SSSR count). The van der Waals surface area contributed by atoms with Crippen LogP contribution in [0.2, 0.25) is 0 Å². The second-order valence-corrected chi connectivity index (χ2v) is 4.79. The first-order valence-electron chi connectivity index (χ1n) is 6.49. The van der Waals surface area contributed by atoms with E-state index in [1.807, 2.05) is 0 Å². The Hall–Kier alpha value is -1.66. The maximum atomic E-state index is 12.7. The van der Waals surface area contributed by atoms with Crippen LogP contribution in [-0.2, 0) is 7.05 Å². The van der Waals surface area contributed by atoms with Crippen molar-refractivity contribution in [3.63, 3.8) is 0 Å². The van der Waals surface area contributed by atoms with Gasteiger partial charge in [-0.05, 0) is 18.9 Å². The zero-order valence-electron chi connectivity index (χ0n) is 11.9. The number of carbonyl (C=O) groups excluding carboxylic acids is 1. The van der Waals surface area contributed by atoms with Gasteiger partial charge >= 0.3 is 6.18 Å². The summed E-state index contributed by atoms with van der Waals surface area (Å²) in [4.78, 5) is 13.2. The first-order chi connectivity index (χ1) is 9.19. The zero-order valence-corrected chi connectivity index (χ0v) is 11.9. The molecule has 1 aromatic rings. The summed E-state index contributed by atoms with van der Waals surface area (Å²) in [6.45, 7) is 2.29. The van der Waals surface area contributed by atoms with Gasteiger partial charge in [0.25, 0.3) is 5.91 Å². The number of hydrogen-bond donors (Lipinski definition) is 1. The number of nitrogen functional groups attached to an aromatic ring is 1. The molecular weight excluding hydrogens is 271 g/mol. The summed E-state index contributed by atoms with van der Waals surface area (Å²) in [5.74, 6) is -0.643. The summed E-state index contributed by atoms with van der Waals surface area (Å²) in [5.41, 5.74) is 6.09. The Morgan fingerprint density at radius 3 is 2.30 bits per heavy atom. The van der Waals surface area contributed by atoms with Gasteiger partial charge in [-0.2, -0.15) is 13.2 Å². The molecule has 0 aliphatic carbocycles. The van der Waals surface area contributed by atoms with E-state index in [1.54, 1.807) is 20.9 Å². The van der Waals surface area contributed by atoms with Crippen molar-refractivity contribution in [3.05, 3.63) is 18.0 Å². The molecule has 0 radical (unpaired) electrons. The number of nitrogens with zero attached hydrogens (tertiary/aromatic N) is 2. The average molecular weight is 291 g/mol. The Morgan fingerprint density at radius 2 is 1.95 bits per heavy atom. The highest BCUT2D eigenvalue weighted by Crippen LogP contribution is 2.23. The average Bonchev–Trinajstić information content (AvgIpc) is 2.66. The summed E-state index contributed by atoms with van der Waals surface area (Å²) in [7, 11) is 1.59. The van der Waals surface area contributed by atoms with Crippen molar-refractivity contribution in [3.8, 4) is 0 Å². The summed E-state index contributed by atoms with van der Waals surface area (Å²) < 4.78 is 39.5. The van der Waals surface area contributed by atoms with Crippen molar-refractivity contribution in [2.75, 3.05) is 12.3 Å². The highest BCUT2D eigenvalue weighted by Gasteiger charge is 2.36. The van der Waals surface area contributed by atoms with Crippen molar-refractivity contribution in [2.24, 2.45) is 7.05 Å². The topological polar surface area (TPSA) is 51.3 Å². The van der Waals surface area contributed by atoms with Crippen LogP contribution in [0.4, 0.5) is 18.9 Å². The molecule has 1 aromatic heterocycles. The lowest BCUT2D eigenvalue weighted by molar-refractivity contribution is -0.145. The number of anilines is 1. The third kappa shape index (κ3) is 3.91. The monoisotopic (exact) mass is 291 g/mol. The van der Waals surface area contributed by atoms with Crippen LogP contribution >= 0.6 is 0 Å². The fourth-order valence-electron chi connectivity index (χ4n) is 2.24. The van der Waals surface area contributed by atoms with Crippen LogP contribution in [0.15, 0.2) is 12.3 Å². The number of aromatic nitrogens is 1. The first kappa shape index (κ1) is 16.4. The first-order valence-corrected chi connectivity index (χ1v) is 6.49. The molecule has 1 heterocycles. The van der Waals surface area contributed by atoms with Crippen molar-refractivity contribution in [1.29, 1.82) is 0 Å². The van der Waals surface area contributed by atoms with Crippen LogP contribution in [0.25, 0.3) is 0 Å². The molecular formula is C13H20F3N3O. The van der Waals surface area contributed by atoms with Crippen LogP contribution in [0.3, 0.4) is 0 Å². The van der Waals surface area contributed by atoms with E-state index in [0.717, 1.165) is 4.90 Å². The number of hydrogen-bond acceptors (Lipinski definition) is 2. The van der Waals surface area contributed by atoms with E-state index in [1.165, 1.54) is 16.8 Å². The Bertz CT molecular complexity index is 464. The van der Waals surface area contributed by atoms with Gasteiger partial charge in [0.05, 0.1) is 5.69 Å². The van der Waals surface area contributed by atoms with Crippen molar-refractivity contribution in [1.82, 2.24) is 9.47 Å². The lowest BCUT2D eigenvalue weighted by Gasteiger charge is -2.31. The minimum absolute atomic E-state index is 0.165. The number of alkyl halides is 3. The molecule has 7 heteroatoms. The molecule has 0 saturated heterocycles. The highest BCUT2D eigenvalue weighted by molar-refractivity contribution is 5.94. The van der Waals surface area contributed by atoms with E-state index in [0.29, 0.717) is 18.5 Å². The molecule has 0 aromatic carbocycles. The largest absolute Gasteiger partial charge is 0.406 e. The number of carbonyl (C=O) groups is 1. The predicted molar refractivity (Wildman–Crippen MR) is 71.3 cm³/mol. The van der Waals surface area contributed by atoms with Crippen molar-refractivity contribution < 1.29 is 18.0 Å². The van der Waals surface area contributed by atoms with Crippen LogP contribution in [-0.4, -0.2) is 34.1 Å². The maximum Gasteiger partial charge on any atom is 0.406 e. The number of nitrogens with two attached hydrogens (primary N) is 1. The summed E-state index contributed by atoms with van der Waals surface area (Å²) >= 11 is 0. The lowest BCUT2D eigenvalue weighted by atomic mass is 10.1. The molecule has 0 fully saturated rings. The predicted octanol–water partition coefficient (Wildman–Crippen LogP) is 2.80. The summed E-state index contributed by atoms with van der Waals surface area (Å²) in [5, 5.41) is 0. The van der Waals surface area contributed by atoms with Gasteiger partial charge in [0.1, 0.15) is 12.2 Å². The molecule has 1 amide bonds. The second-order valence-electron chi connectivity index (χ2n) is 4.79. The van der Waals surface area contributed by atoms with E-state index in [9.17, 15) is 18.0 Å². The molecule has 0 saturated carbocycles. The smallest absolute Gasteiger partial charge is 0.397 e. The number of amides is 1. The Labute approximate surface area is 116 Å². The zero-order chi connectivity index (χ0) is 15.5. The second kappa shape index (κ2) is 6.19. The molecule has 114 valence electrons. The third-order valence-electron chi connectivity index (χ3n) is 3.24. The molecule has 4 nitrogen and oxygen atoms in total. The Morgan fingerprint density at radius 1 is 1.40 bits per heavy atom. The quantitative estimate of drug-likeness (QED) is 0.907.